The zero-order valence-electron chi connectivity index (χ0n) is 9.37. The number of aliphatic hydroxyl groups excluding tert-OH is 1. The summed E-state index contributed by atoms with van der Waals surface area (Å²) in [5, 5.41) is 19.0. The molecule has 0 aliphatic carbocycles. The maximum Gasteiger partial charge on any atom is 0.0890 e. The van der Waals surface area contributed by atoms with Crippen LogP contribution in [0.3, 0.4) is 0 Å². The summed E-state index contributed by atoms with van der Waals surface area (Å²) in [6, 6.07) is 0. The molecule has 1 aliphatic rings. The highest BCUT2D eigenvalue weighted by Crippen LogP contribution is 2.21. The molecule has 3 heteroatoms. The fraction of sp³-hybridized carbons (Fsp3) is 1.00. The minimum absolute atomic E-state index is 0.0947. The van der Waals surface area contributed by atoms with E-state index in [1.807, 2.05) is 0 Å². The lowest BCUT2D eigenvalue weighted by atomic mass is 9.96. The Balaban J connectivity index is 2.40. The van der Waals surface area contributed by atoms with E-state index in [9.17, 15) is 5.11 Å². The summed E-state index contributed by atoms with van der Waals surface area (Å²) < 4.78 is 0. The molecule has 1 fully saturated rings. The van der Waals surface area contributed by atoms with Gasteiger partial charge in [0, 0.05) is 13.1 Å². The first-order valence-electron chi connectivity index (χ1n) is 5.61. The van der Waals surface area contributed by atoms with Crippen molar-refractivity contribution in [3.63, 3.8) is 0 Å². The van der Waals surface area contributed by atoms with E-state index in [0.717, 1.165) is 32.5 Å². The molecule has 1 saturated heterocycles. The molecule has 0 aromatic heterocycles. The molecule has 1 atom stereocenters. The van der Waals surface area contributed by atoms with Gasteiger partial charge < -0.3 is 15.1 Å². The van der Waals surface area contributed by atoms with Crippen molar-refractivity contribution in [1.29, 1.82) is 0 Å². The molecule has 0 saturated carbocycles. The minimum atomic E-state index is -0.814. The Labute approximate surface area is 86.7 Å². The summed E-state index contributed by atoms with van der Waals surface area (Å²) in [4.78, 5) is 2.39. The lowest BCUT2D eigenvalue weighted by Crippen LogP contribution is -2.35. The van der Waals surface area contributed by atoms with Gasteiger partial charge >= 0.3 is 0 Å². The van der Waals surface area contributed by atoms with Gasteiger partial charge in [0.15, 0.2) is 0 Å². The Bertz CT molecular complexity index is 173. The Morgan fingerprint density at radius 3 is 2.57 bits per heavy atom. The Morgan fingerprint density at radius 1 is 1.29 bits per heavy atom. The summed E-state index contributed by atoms with van der Waals surface area (Å²) in [5.74, 6) is 0.676. The molecule has 1 unspecified atom stereocenters. The van der Waals surface area contributed by atoms with E-state index in [4.69, 9.17) is 5.11 Å². The van der Waals surface area contributed by atoms with Crippen molar-refractivity contribution in [1.82, 2.24) is 4.90 Å². The van der Waals surface area contributed by atoms with Crippen molar-refractivity contribution in [3.05, 3.63) is 0 Å². The van der Waals surface area contributed by atoms with E-state index in [-0.39, 0.29) is 6.61 Å². The normalized spacial score (nSPS) is 30.6. The summed E-state index contributed by atoms with van der Waals surface area (Å²) >= 11 is 0. The van der Waals surface area contributed by atoms with Gasteiger partial charge in [0.25, 0.3) is 0 Å². The first-order chi connectivity index (χ1) is 6.56. The van der Waals surface area contributed by atoms with E-state index in [0.29, 0.717) is 12.3 Å². The van der Waals surface area contributed by atoms with Gasteiger partial charge in [0.05, 0.1) is 12.2 Å². The van der Waals surface area contributed by atoms with E-state index in [1.165, 1.54) is 0 Å². The second-order valence-corrected chi connectivity index (χ2v) is 4.93. The Morgan fingerprint density at radius 2 is 2.00 bits per heavy atom. The maximum atomic E-state index is 9.94. The number of aliphatic hydroxyl groups is 2. The van der Waals surface area contributed by atoms with Crippen LogP contribution in [0.2, 0.25) is 0 Å². The maximum absolute atomic E-state index is 9.94. The second kappa shape index (κ2) is 5.10. The van der Waals surface area contributed by atoms with Crippen LogP contribution in [-0.2, 0) is 0 Å². The summed E-state index contributed by atoms with van der Waals surface area (Å²) in [6.45, 7) is 7.39. The second-order valence-electron chi connectivity index (χ2n) is 4.93. The Hall–Kier alpha value is -0.120. The van der Waals surface area contributed by atoms with E-state index in [2.05, 4.69) is 18.7 Å². The fourth-order valence-corrected chi connectivity index (χ4v) is 2.09. The van der Waals surface area contributed by atoms with E-state index < -0.39 is 5.60 Å². The highest BCUT2D eigenvalue weighted by molar-refractivity contribution is 4.82. The van der Waals surface area contributed by atoms with Crippen LogP contribution < -0.4 is 0 Å². The average Bonchev–Trinajstić information content (AvgIpc) is 2.29. The Kier molecular flexibility index (Phi) is 4.35. The number of nitrogens with zero attached hydrogens (tertiary/aromatic N) is 1. The third-order valence-electron chi connectivity index (χ3n) is 2.93. The van der Waals surface area contributed by atoms with Crippen molar-refractivity contribution < 1.29 is 10.2 Å². The highest BCUT2D eigenvalue weighted by atomic mass is 16.3. The van der Waals surface area contributed by atoms with Crippen molar-refractivity contribution in [2.75, 3.05) is 26.2 Å². The van der Waals surface area contributed by atoms with Gasteiger partial charge in [-0.15, -0.1) is 0 Å². The number of rotatable bonds is 3. The third kappa shape index (κ3) is 3.56. The van der Waals surface area contributed by atoms with Crippen LogP contribution in [0.4, 0.5) is 0 Å². The number of hydrogen-bond donors (Lipinski definition) is 2. The summed E-state index contributed by atoms with van der Waals surface area (Å²) in [5.41, 5.74) is -0.814. The summed E-state index contributed by atoms with van der Waals surface area (Å²) in [7, 11) is 0. The van der Waals surface area contributed by atoms with Crippen LogP contribution in [0.25, 0.3) is 0 Å². The van der Waals surface area contributed by atoms with Gasteiger partial charge in [-0.2, -0.15) is 0 Å². The quantitative estimate of drug-likeness (QED) is 0.711. The predicted octanol–water partition coefficient (Wildman–Crippen LogP) is 0.852. The van der Waals surface area contributed by atoms with E-state index in [1.54, 1.807) is 0 Å². The zero-order valence-corrected chi connectivity index (χ0v) is 9.37. The van der Waals surface area contributed by atoms with Gasteiger partial charge in [-0.1, -0.05) is 13.8 Å². The standard InChI is InChI=1S/C11H23NO2/c1-10(2)8-12-6-3-4-11(14,9-13)5-7-12/h10,13-14H,3-9H2,1-2H3. The molecule has 1 rings (SSSR count). The number of likely N-dealkylation sites (tertiary alicyclic amines) is 1. The van der Waals surface area contributed by atoms with Crippen LogP contribution >= 0.6 is 0 Å². The lowest BCUT2D eigenvalue weighted by molar-refractivity contribution is -0.0255. The van der Waals surface area contributed by atoms with Gasteiger partial charge in [-0.25, -0.2) is 0 Å². The molecule has 0 amide bonds. The molecule has 14 heavy (non-hydrogen) atoms. The molecule has 3 nitrogen and oxygen atoms in total. The highest BCUT2D eigenvalue weighted by Gasteiger charge is 2.29. The van der Waals surface area contributed by atoms with Gasteiger partial charge in [0.2, 0.25) is 0 Å². The molecule has 1 aliphatic heterocycles. The molecule has 0 spiro atoms. The molecule has 0 bridgehead atoms. The van der Waals surface area contributed by atoms with Gasteiger partial charge in [-0.05, 0) is 31.7 Å². The zero-order chi connectivity index (χ0) is 10.6. The first kappa shape index (κ1) is 12.0. The first-order valence-corrected chi connectivity index (χ1v) is 5.61. The van der Waals surface area contributed by atoms with Crippen molar-refractivity contribution in [2.45, 2.75) is 38.7 Å². The van der Waals surface area contributed by atoms with Crippen LogP contribution in [0.15, 0.2) is 0 Å². The topological polar surface area (TPSA) is 43.7 Å². The molecule has 84 valence electrons. The molecular formula is C11H23NO2. The SMILES string of the molecule is CC(C)CN1CCCC(O)(CO)CC1. The van der Waals surface area contributed by atoms with Crippen LogP contribution in [-0.4, -0.2) is 47.0 Å². The molecule has 0 radical (unpaired) electrons. The molecular weight excluding hydrogens is 178 g/mol. The molecule has 1 heterocycles. The summed E-state index contributed by atoms with van der Waals surface area (Å²) in [6.07, 6.45) is 2.43. The van der Waals surface area contributed by atoms with Crippen LogP contribution in [0.1, 0.15) is 33.1 Å². The van der Waals surface area contributed by atoms with E-state index >= 15 is 0 Å². The van der Waals surface area contributed by atoms with Gasteiger partial charge in [0.1, 0.15) is 0 Å². The van der Waals surface area contributed by atoms with Crippen LogP contribution in [0, 0.1) is 5.92 Å². The van der Waals surface area contributed by atoms with Crippen molar-refractivity contribution >= 4 is 0 Å². The molecule has 0 aromatic carbocycles. The average molecular weight is 201 g/mol. The molecule has 0 aromatic rings. The minimum Gasteiger partial charge on any atom is -0.393 e. The molecule has 2 N–H and O–H groups in total. The van der Waals surface area contributed by atoms with Crippen LogP contribution in [0.5, 0.6) is 0 Å². The third-order valence-corrected chi connectivity index (χ3v) is 2.93. The largest absolute Gasteiger partial charge is 0.393 e. The van der Waals surface area contributed by atoms with Gasteiger partial charge in [-0.3, -0.25) is 0 Å². The van der Waals surface area contributed by atoms with Crippen molar-refractivity contribution in [2.24, 2.45) is 5.92 Å². The monoisotopic (exact) mass is 201 g/mol. The fourth-order valence-electron chi connectivity index (χ4n) is 2.09. The lowest BCUT2D eigenvalue weighted by Gasteiger charge is -2.25. The predicted molar refractivity (Wildman–Crippen MR) is 57.2 cm³/mol. The smallest absolute Gasteiger partial charge is 0.0890 e. The number of hydrogen-bond acceptors (Lipinski definition) is 3. The van der Waals surface area contributed by atoms with Crippen molar-refractivity contribution in [3.8, 4) is 0 Å².